The molecule has 4 fully saturated rings. The Labute approximate surface area is 251 Å². The van der Waals surface area contributed by atoms with E-state index in [0.717, 1.165) is 44.6 Å². The van der Waals surface area contributed by atoms with Gasteiger partial charge in [-0.3, -0.25) is 4.90 Å². The standard InChI is InChI=1S/C35H35F2N5O/c1-2-28-30(37)7-4-22-14-27(43)16-33(34(22)28)40-13-9-29-31(21-40)39-24(8-11-35-10-3-12-42(35)18-23(36)17-35)15-32(29)41-19-25-5-6-26(20-41)38-25/h1,4,7,14-16,23,25-26,38,43H,3,5-6,9-10,12-13,17-21H2/t23-,25?,26?,35?/m1/s1. The average Bonchev–Trinajstić information content (AvgIpc) is 3.65. The van der Waals surface area contributed by atoms with E-state index in [2.05, 4.69) is 43.8 Å². The molecule has 5 aliphatic heterocycles. The van der Waals surface area contributed by atoms with E-state index in [9.17, 15) is 13.9 Å². The van der Waals surface area contributed by atoms with Crippen molar-refractivity contribution in [3.63, 3.8) is 0 Å². The lowest BCUT2D eigenvalue weighted by atomic mass is 9.94. The third-order valence-electron chi connectivity index (χ3n) is 10.3. The fraction of sp³-hybridized carbons (Fsp3) is 0.457. The van der Waals surface area contributed by atoms with Gasteiger partial charge in [0, 0.05) is 73.1 Å². The first-order chi connectivity index (χ1) is 20.9. The number of halogens is 2. The molecular weight excluding hydrogens is 544 g/mol. The van der Waals surface area contributed by atoms with Crippen LogP contribution in [0.4, 0.5) is 20.2 Å². The zero-order chi connectivity index (χ0) is 29.3. The highest BCUT2D eigenvalue weighted by Crippen LogP contribution is 2.41. The Morgan fingerprint density at radius 2 is 1.88 bits per heavy atom. The average molecular weight is 580 g/mol. The Kier molecular flexibility index (Phi) is 6.29. The number of nitrogens with one attached hydrogen (secondary N) is 1. The molecular formula is C35H35F2N5O. The van der Waals surface area contributed by atoms with Crippen molar-refractivity contribution >= 4 is 22.1 Å². The zero-order valence-corrected chi connectivity index (χ0v) is 24.2. The van der Waals surface area contributed by atoms with Gasteiger partial charge in [0.1, 0.15) is 23.4 Å². The maximum atomic E-state index is 14.8. The summed E-state index contributed by atoms with van der Waals surface area (Å²) in [6, 6.07) is 9.43. The molecule has 2 N–H and O–H groups in total. The van der Waals surface area contributed by atoms with E-state index >= 15 is 0 Å². The summed E-state index contributed by atoms with van der Waals surface area (Å²) >= 11 is 0. The molecule has 2 bridgehead atoms. The van der Waals surface area contributed by atoms with Gasteiger partial charge in [-0.1, -0.05) is 17.9 Å². The Hall–Kier alpha value is -3.85. The smallest absolute Gasteiger partial charge is 0.139 e. The zero-order valence-electron chi connectivity index (χ0n) is 24.2. The number of terminal acetylenes is 1. The van der Waals surface area contributed by atoms with E-state index in [-0.39, 0.29) is 11.3 Å². The Morgan fingerprint density at radius 1 is 1.05 bits per heavy atom. The number of fused-ring (bicyclic) bond motifs is 5. The van der Waals surface area contributed by atoms with E-state index < -0.39 is 17.5 Å². The topological polar surface area (TPSA) is 54.9 Å². The molecule has 0 amide bonds. The first-order valence-electron chi connectivity index (χ1n) is 15.5. The van der Waals surface area contributed by atoms with E-state index in [1.165, 1.54) is 30.2 Å². The summed E-state index contributed by atoms with van der Waals surface area (Å²) < 4.78 is 29.3. The predicted octanol–water partition coefficient (Wildman–Crippen LogP) is 4.49. The van der Waals surface area contributed by atoms with Crippen molar-refractivity contribution in [2.45, 2.75) is 68.9 Å². The fourth-order valence-corrected chi connectivity index (χ4v) is 8.33. The summed E-state index contributed by atoms with van der Waals surface area (Å²) in [5, 5.41) is 15.7. The summed E-state index contributed by atoms with van der Waals surface area (Å²) in [5.74, 6) is 9.10. The Balaban J connectivity index is 1.22. The van der Waals surface area contributed by atoms with Crippen LogP contribution in [0.15, 0.2) is 30.3 Å². The molecule has 0 saturated carbocycles. The highest BCUT2D eigenvalue weighted by atomic mass is 19.1. The number of aromatic hydroxyl groups is 1. The van der Waals surface area contributed by atoms with Crippen molar-refractivity contribution < 1.29 is 13.9 Å². The number of rotatable bonds is 2. The molecule has 4 atom stereocenters. The van der Waals surface area contributed by atoms with Crippen molar-refractivity contribution in [3.8, 4) is 29.9 Å². The lowest BCUT2D eigenvalue weighted by Gasteiger charge is -2.38. The van der Waals surface area contributed by atoms with Gasteiger partial charge >= 0.3 is 0 Å². The van der Waals surface area contributed by atoms with Crippen LogP contribution >= 0.6 is 0 Å². The number of phenols is 1. The van der Waals surface area contributed by atoms with Crippen LogP contribution in [0, 0.1) is 30.0 Å². The van der Waals surface area contributed by atoms with Crippen LogP contribution in [0.1, 0.15) is 54.6 Å². The van der Waals surface area contributed by atoms with Crippen LogP contribution in [-0.2, 0) is 13.0 Å². The molecule has 43 heavy (non-hydrogen) atoms. The molecule has 0 aliphatic carbocycles. The molecule has 3 aromatic rings. The van der Waals surface area contributed by atoms with Gasteiger partial charge in [-0.25, -0.2) is 13.8 Å². The third kappa shape index (κ3) is 4.51. The molecule has 6 nitrogen and oxygen atoms in total. The van der Waals surface area contributed by atoms with Gasteiger partial charge in [-0.2, -0.15) is 0 Å². The number of alkyl halides is 1. The van der Waals surface area contributed by atoms with Crippen molar-refractivity contribution in [1.82, 2.24) is 15.2 Å². The molecule has 3 unspecified atom stereocenters. The molecule has 220 valence electrons. The molecule has 8 heteroatoms. The molecule has 1 aromatic heterocycles. The molecule has 5 aliphatic rings. The van der Waals surface area contributed by atoms with Gasteiger partial charge in [0.2, 0.25) is 0 Å². The van der Waals surface area contributed by atoms with Crippen molar-refractivity contribution in [2.75, 3.05) is 42.5 Å². The van der Waals surface area contributed by atoms with Crippen LogP contribution < -0.4 is 15.1 Å². The third-order valence-corrected chi connectivity index (χ3v) is 10.3. The number of benzene rings is 2. The number of aromatic nitrogens is 1. The minimum atomic E-state index is -0.832. The largest absolute Gasteiger partial charge is 0.508 e. The summed E-state index contributed by atoms with van der Waals surface area (Å²) in [6.07, 6.45) is 10.5. The lowest BCUT2D eigenvalue weighted by Crippen LogP contribution is -2.51. The Bertz CT molecular complexity index is 1730. The number of nitrogens with zero attached hydrogens (tertiary/aromatic N) is 4. The van der Waals surface area contributed by atoms with Crippen LogP contribution in [0.3, 0.4) is 0 Å². The van der Waals surface area contributed by atoms with Crippen LogP contribution in [0.5, 0.6) is 5.75 Å². The Morgan fingerprint density at radius 3 is 2.70 bits per heavy atom. The normalized spacial score (nSPS) is 28.0. The van der Waals surface area contributed by atoms with Crippen LogP contribution in [0.2, 0.25) is 0 Å². The lowest BCUT2D eigenvalue weighted by molar-refractivity contribution is 0.255. The maximum absolute atomic E-state index is 14.8. The maximum Gasteiger partial charge on any atom is 0.139 e. The quantitative estimate of drug-likeness (QED) is 0.437. The summed E-state index contributed by atoms with van der Waals surface area (Å²) in [4.78, 5) is 12.0. The first kappa shape index (κ1) is 26.8. The van der Waals surface area contributed by atoms with E-state index in [1.54, 1.807) is 18.2 Å². The number of hydrogen-bond acceptors (Lipinski definition) is 6. The predicted molar refractivity (Wildman–Crippen MR) is 165 cm³/mol. The monoisotopic (exact) mass is 579 g/mol. The van der Waals surface area contributed by atoms with Gasteiger partial charge in [-0.15, -0.1) is 6.42 Å². The number of anilines is 2. The number of hydrogen-bond donors (Lipinski definition) is 2. The van der Waals surface area contributed by atoms with Crippen LogP contribution in [0.25, 0.3) is 10.8 Å². The highest BCUT2D eigenvalue weighted by molar-refractivity contribution is 6.00. The minimum Gasteiger partial charge on any atom is -0.508 e. The van der Waals surface area contributed by atoms with Gasteiger partial charge < -0.3 is 20.2 Å². The highest BCUT2D eigenvalue weighted by Gasteiger charge is 2.47. The van der Waals surface area contributed by atoms with Crippen molar-refractivity contribution in [3.05, 3.63) is 58.7 Å². The second-order valence-electron chi connectivity index (χ2n) is 12.9. The van der Waals surface area contributed by atoms with Gasteiger partial charge in [0.25, 0.3) is 0 Å². The minimum absolute atomic E-state index is 0.107. The van der Waals surface area contributed by atoms with Gasteiger partial charge in [-0.05, 0) is 68.2 Å². The summed E-state index contributed by atoms with van der Waals surface area (Å²) in [5.41, 5.74) is 4.57. The number of phenolic OH excluding ortho intramolecular Hbond substituents is 1. The number of piperazine rings is 1. The fourth-order valence-electron chi connectivity index (χ4n) is 8.33. The molecule has 0 spiro atoms. The van der Waals surface area contributed by atoms with Crippen molar-refractivity contribution in [2.24, 2.45) is 0 Å². The van der Waals surface area contributed by atoms with Gasteiger partial charge in [0.05, 0.1) is 23.3 Å². The number of pyridine rings is 1. The van der Waals surface area contributed by atoms with E-state index in [1.807, 2.05) is 0 Å². The first-order valence-corrected chi connectivity index (χ1v) is 15.5. The molecule has 8 rings (SSSR count). The second-order valence-corrected chi connectivity index (χ2v) is 12.9. The van der Waals surface area contributed by atoms with Crippen molar-refractivity contribution in [1.29, 1.82) is 0 Å². The van der Waals surface area contributed by atoms with E-state index in [4.69, 9.17) is 11.4 Å². The molecule has 4 saturated heterocycles. The summed E-state index contributed by atoms with van der Waals surface area (Å²) in [6.45, 7) is 4.43. The molecule has 2 aromatic carbocycles. The molecule has 0 radical (unpaired) electrons. The molecule has 6 heterocycles. The van der Waals surface area contributed by atoms with Crippen LogP contribution in [-0.4, -0.2) is 71.5 Å². The van der Waals surface area contributed by atoms with E-state index in [0.29, 0.717) is 60.3 Å². The SMILES string of the molecule is C#Cc1c(F)ccc2cc(O)cc(N3CCc4c(N5CC6CCC(C5)N6)cc(C#CC56CCCN5C[C@H](F)C6)nc4C3)c12. The summed E-state index contributed by atoms with van der Waals surface area (Å²) in [7, 11) is 0. The van der Waals surface area contributed by atoms with Gasteiger partial charge in [0.15, 0.2) is 0 Å². The second kappa shape index (κ2) is 10.1.